The maximum absolute atomic E-state index is 13.1. The lowest BCUT2D eigenvalue weighted by molar-refractivity contribution is 0.0974. The van der Waals surface area contributed by atoms with Crippen LogP contribution in [0.15, 0.2) is 42.6 Å². The van der Waals surface area contributed by atoms with Crippen molar-refractivity contribution in [3.63, 3.8) is 0 Å². The molecule has 0 spiro atoms. The monoisotopic (exact) mass is 326 g/mol. The van der Waals surface area contributed by atoms with E-state index in [-0.39, 0.29) is 12.0 Å². The smallest absolute Gasteiger partial charge is 0.263 e. The molecule has 1 aliphatic heterocycles. The highest BCUT2D eigenvalue weighted by Crippen LogP contribution is 2.25. The van der Waals surface area contributed by atoms with Crippen molar-refractivity contribution in [1.82, 2.24) is 4.98 Å². The number of amides is 1. The number of carbonyl (C=O) groups is 1. The third-order valence-electron chi connectivity index (χ3n) is 4.14. The van der Waals surface area contributed by atoms with E-state index in [0.29, 0.717) is 31.2 Å². The average Bonchev–Trinajstić information content (AvgIpc) is 3.10. The van der Waals surface area contributed by atoms with Gasteiger partial charge in [0.25, 0.3) is 5.91 Å². The van der Waals surface area contributed by atoms with Crippen molar-refractivity contribution in [3.05, 3.63) is 53.7 Å². The highest BCUT2D eigenvalue weighted by Gasteiger charge is 2.25. The van der Waals surface area contributed by atoms with Crippen molar-refractivity contribution in [3.8, 4) is 5.88 Å². The van der Waals surface area contributed by atoms with Gasteiger partial charge in [0.1, 0.15) is 11.7 Å². The summed E-state index contributed by atoms with van der Waals surface area (Å²) in [6.07, 6.45) is 2.42. The Morgan fingerprint density at radius 3 is 2.88 bits per heavy atom. The van der Waals surface area contributed by atoms with Crippen LogP contribution in [-0.2, 0) is 4.74 Å². The van der Waals surface area contributed by atoms with Crippen molar-refractivity contribution in [2.45, 2.75) is 26.4 Å². The number of hydrogen-bond acceptors (Lipinski definition) is 4. The van der Waals surface area contributed by atoms with E-state index in [4.69, 9.17) is 9.47 Å². The number of hydrogen-bond donors (Lipinski definition) is 0. The van der Waals surface area contributed by atoms with Crippen molar-refractivity contribution in [2.75, 3.05) is 24.7 Å². The van der Waals surface area contributed by atoms with Crippen LogP contribution in [0.2, 0.25) is 0 Å². The first kappa shape index (κ1) is 16.5. The van der Waals surface area contributed by atoms with Crippen molar-refractivity contribution in [2.24, 2.45) is 0 Å². The fourth-order valence-electron chi connectivity index (χ4n) is 2.85. The van der Waals surface area contributed by atoms with E-state index in [1.165, 1.54) is 0 Å². The number of carbonyl (C=O) groups excluding carboxylic acids is 1. The summed E-state index contributed by atoms with van der Waals surface area (Å²) in [6.45, 7) is 5.77. The molecule has 1 fully saturated rings. The highest BCUT2D eigenvalue weighted by atomic mass is 16.5. The molecule has 1 aromatic heterocycles. The summed E-state index contributed by atoms with van der Waals surface area (Å²) in [6, 6.07) is 11.4. The summed E-state index contributed by atoms with van der Waals surface area (Å²) in [5, 5.41) is 0. The van der Waals surface area contributed by atoms with Crippen molar-refractivity contribution < 1.29 is 14.3 Å². The lowest BCUT2D eigenvalue weighted by atomic mass is 10.1. The van der Waals surface area contributed by atoms with Crippen LogP contribution in [0.5, 0.6) is 5.88 Å². The van der Waals surface area contributed by atoms with Crippen LogP contribution in [0.4, 0.5) is 5.69 Å². The molecule has 5 nitrogen and oxygen atoms in total. The van der Waals surface area contributed by atoms with Gasteiger partial charge in [0.15, 0.2) is 0 Å². The maximum atomic E-state index is 13.1. The summed E-state index contributed by atoms with van der Waals surface area (Å²) in [7, 11) is 0. The first-order valence-electron chi connectivity index (χ1n) is 8.27. The normalized spacial score (nSPS) is 16.8. The Balaban J connectivity index is 1.89. The van der Waals surface area contributed by atoms with Gasteiger partial charge in [-0.25, -0.2) is 4.98 Å². The Morgan fingerprint density at radius 2 is 2.17 bits per heavy atom. The van der Waals surface area contributed by atoms with Gasteiger partial charge in [0.2, 0.25) is 5.88 Å². The lowest BCUT2D eigenvalue weighted by Gasteiger charge is -2.24. The number of aromatic nitrogens is 1. The van der Waals surface area contributed by atoms with Gasteiger partial charge in [-0.2, -0.15) is 0 Å². The van der Waals surface area contributed by atoms with Crippen LogP contribution in [0.1, 0.15) is 29.3 Å². The minimum absolute atomic E-state index is 0.0417. The number of benzene rings is 1. The third kappa shape index (κ3) is 3.41. The number of anilines is 1. The Labute approximate surface area is 142 Å². The number of aryl methyl sites for hydroxylation is 1. The molecule has 0 N–H and O–H groups in total. The Morgan fingerprint density at radius 1 is 1.33 bits per heavy atom. The first-order chi connectivity index (χ1) is 11.7. The third-order valence-corrected chi connectivity index (χ3v) is 4.14. The van der Waals surface area contributed by atoms with Gasteiger partial charge in [-0.15, -0.1) is 0 Å². The molecule has 2 aromatic rings. The first-order valence-corrected chi connectivity index (χ1v) is 8.27. The number of ether oxygens (including phenoxy) is 2. The Kier molecular flexibility index (Phi) is 5.11. The van der Waals surface area contributed by atoms with Crippen LogP contribution in [0.25, 0.3) is 0 Å². The SMILES string of the molecule is CCN(C(=O)c1cccnc1O[C@@H]1CCOC1)c1ccccc1C. The average molecular weight is 326 g/mol. The van der Waals surface area contributed by atoms with Gasteiger partial charge in [-0.05, 0) is 37.6 Å². The number of nitrogens with zero attached hydrogens (tertiary/aromatic N) is 2. The molecule has 1 amide bonds. The van der Waals surface area contributed by atoms with Crippen molar-refractivity contribution in [1.29, 1.82) is 0 Å². The summed E-state index contributed by atoms with van der Waals surface area (Å²) in [5.74, 6) is 0.277. The molecule has 3 rings (SSSR count). The number of rotatable bonds is 5. The van der Waals surface area contributed by atoms with Crippen LogP contribution in [0.3, 0.4) is 0 Å². The lowest BCUT2D eigenvalue weighted by Crippen LogP contribution is -2.32. The molecule has 1 aromatic carbocycles. The molecule has 0 aliphatic carbocycles. The molecule has 0 unspecified atom stereocenters. The molecule has 5 heteroatoms. The van der Waals surface area contributed by atoms with E-state index in [9.17, 15) is 4.79 Å². The van der Waals surface area contributed by atoms with Crippen LogP contribution < -0.4 is 9.64 Å². The van der Waals surface area contributed by atoms with Gasteiger partial charge in [-0.3, -0.25) is 4.79 Å². The van der Waals surface area contributed by atoms with E-state index in [1.807, 2.05) is 38.1 Å². The van der Waals surface area contributed by atoms with Gasteiger partial charge < -0.3 is 14.4 Å². The van der Waals surface area contributed by atoms with E-state index in [0.717, 1.165) is 17.7 Å². The largest absolute Gasteiger partial charge is 0.471 e. The standard InChI is InChI=1S/C19H22N2O3/c1-3-21(17-9-5-4-7-14(17)2)19(22)16-8-6-11-20-18(16)24-15-10-12-23-13-15/h4-9,11,15H,3,10,12-13H2,1-2H3/t15-/m1/s1. The number of pyridine rings is 1. The molecule has 126 valence electrons. The van der Waals surface area contributed by atoms with Gasteiger partial charge >= 0.3 is 0 Å². The predicted octanol–water partition coefficient (Wildman–Crippen LogP) is 3.22. The quantitative estimate of drug-likeness (QED) is 0.846. The van der Waals surface area contributed by atoms with Crippen LogP contribution in [0, 0.1) is 6.92 Å². The topological polar surface area (TPSA) is 51.7 Å². The van der Waals surface area contributed by atoms with E-state index in [2.05, 4.69) is 4.98 Å². The molecule has 1 saturated heterocycles. The zero-order valence-corrected chi connectivity index (χ0v) is 14.1. The summed E-state index contributed by atoms with van der Waals surface area (Å²) in [4.78, 5) is 19.1. The summed E-state index contributed by atoms with van der Waals surface area (Å²) < 4.78 is 11.2. The second-order valence-electron chi connectivity index (χ2n) is 5.80. The molecule has 0 bridgehead atoms. The molecule has 2 heterocycles. The molecule has 1 atom stereocenters. The fourth-order valence-corrected chi connectivity index (χ4v) is 2.85. The summed E-state index contributed by atoms with van der Waals surface area (Å²) >= 11 is 0. The zero-order valence-electron chi connectivity index (χ0n) is 14.1. The second-order valence-corrected chi connectivity index (χ2v) is 5.80. The highest BCUT2D eigenvalue weighted by molar-refractivity contribution is 6.07. The zero-order chi connectivity index (χ0) is 16.9. The molecule has 24 heavy (non-hydrogen) atoms. The fraction of sp³-hybridized carbons (Fsp3) is 0.368. The van der Waals surface area contributed by atoms with Crippen molar-refractivity contribution >= 4 is 11.6 Å². The van der Waals surface area contributed by atoms with Gasteiger partial charge in [-0.1, -0.05) is 18.2 Å². The van der Waals surface area contributed by atoms with Crippen LogP contribution in [-0.4, -0.2) is 36.8 Å². The Hall–Kier alpha value is -2.40. The molecular weight excluding hydrogens is 304 g/mol. The summed E-state index contributed by atoms with van der Waals surface area (Å²) in [5.41, 5.74) is 2.45. The second kappa shape index (κ2) is 7.45. The van der Waals surface area contributed by atoms with E-state index in [1.54, 1.807) is 23.2 Å². The Bertz CT molecular complexity index is 711. The van der Waals surface area contributed by atoms with Gasteiger partial charge in [0.05, 0.1) is 13.2 Å². The number of para-hydroxylation sites is 1. The maximum Gasteiger partial charge on any atom is 0.263 e. The molecular formula is C19H22N2O3. The molecule has 1 aliphatic rings. The predicted molar refractivity (Wildman–Crippen MR) is 92.6 cm³/mol. The van der Waals surface area contributed by atoms with E-state index >= 15 is 0 Å². The van der Waals surface area contributed by atoms with E-state index < -0.39 is 0 Å². The van der Waals surface area contributed by atoms with Gasteiger partial charge in [0, 0.05) is 24.8 Å². The molecule has 0 radical (unpaired) electrons. The molecule has 0 saturated carbocycles. The van der Waals surface area contributed by atoms with Crippen LogP contribution >= 0.6 is 0 Å². The minimum atomic E-state index is -0.103. The minimum Gasteiger partial charge on any atom is -0.471 e.